The van der Waals surface area contributed by atoms with Gasteiger partial charge < -0.3 is 30.4 Å². The number of aromatic hydroxyl groups is 1. The summed E-state index contributed by atoms with van der Waals surface area (Å²) in [5, 5.41) is 13.7. The second-order valence-electron chi connectivity index (χ2n) is 9.92. The fourth-order valence-electron chi connectivity index (χ4n) is 6.39. The topological polar surface area (TPSA) is 103 Å². The monoisotopic (exact) mass is 564 g/mol. The van der Waals surface area contributed by atoms with Crippen LogP contribution in [-0.2, 0) is 14.3 Å². The van der Waals surface area contributed by atoms with E-state index < -0.39 is 11.0 Å². The standard InChI is InChI=1S/C28H37ClN2O5.CH4S/c1-4-27-12-11-23(22-10-9-21(17-24(22)29)36-16-15-35-14-13-34-3)25(19-5-7-20(32)8-6-19)28(27,30)18(2)31-26(27)33;1-2/h5-10,17-18,23,25,32H,4,11-16,30H2,1-3H3,(H,31,33);2H,1H3. The molecule has 1 saturated heterocycles. The minimum Gasteiger partial charge on any atom is -0.508 e. The van der Waals surface area contributed by atoms with Crippen LogP contribution in [0.25, 0.3) is 0 Å². The number of carbonyl (C=O) groups excluding carboxylic acids is 1. The lowest BCUT2D eigenvalue weighted by Gasteiger charge is -2.54. The van der Waals surface area contributed by atoms with Gasteiger partial charge in [0.05, 0.1) is 30.8 Å². The number of amides is 1. The molecule has 0 radical (unpaired) electrons. The summed E-state index contributed by atoms with van der Waals surface area (Å²) in [6.45, 7) is 5.99. The number of carbonyl (C=O) groups is 1. The Kier molecular flexibility index (Phi) is 10.8. The van der Waals surface area contributed by atoms with Crippen molar-refractivity contribution in [1.82, 2.24) is 5.32 Å². The summed E-state index contributed by atoms with van der Waals surface area (Å²) in [6.07, 6.45) is 3.81. The Morgan fingerprint density at radius 2 is 1.82 bits per heavy atom. The largest absolute Gasteiger partial charge is 0.508 e. The number of phenolic OH excluding ortho intramolecular Hbond substituents is 1. The van der Waals surface area contributed by atoms with E-state index >= 15 is 0 Å². The van der Waals surface area contributed by atoms with Gasteiger partial charge in [-0.05, 0) is 73.8 Å². The third kappa shape index (κ3) is 5.65. The molecule has 4 N–H and O–H groups in total. The van der Waals surface area contributed by atoms with Crippen LogP contribution in [0.4, 0.5) is 0 Å². The molecular weight excluding hydrogens is 524 g/mol. The molecule has 7 nitrogen and oxygen atoms in total. The van der Waals surface area contributed by atoms with Crippen LogP contribution in [0.2, 0.25) is 5.02 Å². The number of methoxy groups -OCH3 is 1. The Hall–Kier alpha value is -1.97. The van der Waals surface area contributed by atoms with Crippen LogP contribution < -0.4 is 15.8 Å². The average Bonchev–Trinajstić information content (AvgIpc) is 3.12. The number of hydrogen-bond donors (Lipinski definition) is 4. The molecular formula is C29H41ClN2O5S. The summed E-state index contributed by atoms with van der Waals surface area (Å²) in [5.41, 5.74) is 7.84. The van der Waals surface area contributed by atoms with E-state index in [1.54, 1.807) is 25.5 Å². The van der Waals surface area contributed by atoms with E-state index in [0.29, 0.717) is 50.0 Å². The highest BCUT2D eigenvalue weighted by Crippen LogP contribution is 2.61. The van der Waals surface area contributed by atoms with E-state index in [4.69, 9.17) is 31.5 Å². The van der Waals surface area contributed by atoms with Crippen LogP contribution in [-0.4, -0.2) is 62.4 Å². The van der Waals surface area contributed by atoms with Crippen molar-refractivity contribution in [1.29, 1.82) is 0 Å². The van der Waals surface area contributed by atoms with Crippen LogP contribution in [0.15, 0.2) is 42.5 Å². The molecule has 2 aromatic carbocycles. The van der Waals surface area contributed by atoms with Gasteiger partial charge in [-0.1, -0.05) is 36.7 Å². The molecule has 1 amide bonds. The highest BCUT2D eigenvalue weighted by molar-refractivity contribution is 7.79. The number of halogens is 1. The fraction of sp³-hybridized carbons (Fsp3) is 0.552. The molecule has 1 heterocycles. The Morgan fingerprint density at radius 3 is 2.45 bits per heavy atom. The number of phenols is 1. The Labute approximate surface area is 236 Å². The van der Waals surface area contributed by atoms with Crippen molar-refractivity contribution in [2.45, 2.75) is 56.5 Å². The number of nitrogens with one attached hydrogen (secondary N) is 1. The number of benzene rings is 2. The zero-order chi connectivity index (χ0) is 27.9. The van der Waals surface area contributed by atoms with Gasteiger partial charge in [-0.15, -0.1) is 0 Å². The van der Waals surface area contributed by atoms with Gasteiger partial charge in [0, 0.05) is 24.1 Å². The molecule has 38 heavy (non-hydrogen) atoms. The van der Waals surface area contributed by atoms with Crippen molar-refractivity contribution in [2.75, 3.05) is 39.8 Å². The maximum Gasteiger partial charge on any atom is 0.228 e. The number of nitrogens with two attached hydrogens (primary N) is 1. The summed E-state index contributed by atoms with van der Waals surface area (Å²) in [4.78, 5) is 13.3. The molecule has 0 spiro atoms. The predicted molar refractivity (Wildman–Crippen MR) is 155 cm³/mol. The number of ether oxygens (including phenoxy) is 3. The van der Waals surface area contributed by atoms with E-state index in [1.807, 2.05) is 44.2 Å². The second-order valence-corrected chi connectivity index (χ2v) is 10.3. The van der Waals surface area contributed by atoms with Crippen LogP contribution in [0, 0.1) is 5.41 Å². The summed E-state index contributed by atoms with van der Waals surface area (Å²) in [5.74, 6) is 0.711. The van der Waals surface area contributed by atoms with Crippen molar-refractivity contribution < 1.29 is 24.1 Å². The molecule has 2 aliphatic rings. The predicted octanol–water partition coefficient (Wildman–Crippen LogP) is 4.91. The first-order valence-electron chi connectivity index (χ1n) is 13.1. The van der Waals surface area contributed by atoms with E-state index in [1.165, 1.54) is 0 Å². The average molecular weight is 565 g/mol. The van der Waals surface area contributed by atoms with Crippen LogP contribution >= 0.6 is 24.2 Å². The Balaban J connectivity index is 0.00000195. The molecule has 4 rings (SSSR count). The Morgan fingerprint density at radius 1 is 1.13 bits per heavy atom. The van der Waals surface area contributed by atoms with E-state index in [0.717, 1.165) is 17.5 Å². The van der Waals surface area contributed by atoms with Crippen molar-refractivity contribution in [3.8, 4) is 11.5 Å². The minimum atomic E-state index is -0.823. The van der Waals surface area contributed by atoms with Gasteiger partial charge in [0.25, 0.3) is 0 Å². The molecule has 2 fully saturated rings. The lowest BCUT2D eigenvalue weighted by Crippen LogP contribution is -2.66. The quantitative estimate of drug-likeness (QED) is 0.242. The minimum absolute atomic E-state index is 0.00621. The van der Waals surface area contributed by atoms with Gasteiger partial charge >= 0.3 is 0 Å². The fourth-order valence-corrected chi connectivity index (χ4v) is 6.70. The molecule has 9 heteroatoms. The third-order valence-electron chi connectivity index (χ3n) is 8.28. The third-order valence-corrected chi connectivity index (χ3v) is 8.61. The van der Waals surface area contributed by atoms with Crippen molar-refractivity contribution >= 4 is 30.1 Å². The van der Waals surface area contributed by atoms with Crippen molar-refractivity contribution in [2.24, 2.45) is 11.1 Å². The van der Waals surface area contributed by atoms with Gasteiger partial charge in [0.2, 0.25) is 5.91 Å². The molecule has 1 aliphatic heterocycles. The van der Waals surface area contributed by atoms with Gasteiger partial charge in [0.1, 0.15) is 18.1 Å². The number of thiol groups is 1. The van der Waals surface area contributed by atoms with E-state index in [-0.39, 0.29) is 29.5 Å². The van der Waals surface area contributed by atoms with Crippen LogP contribution in [0.5, 0.6) is 11.5 Å². The second kappa shape index (κ2) is 13.4. The van der Waals surface area contributed by atoms with E-state index in [2.05, 4.69) is 17.9 Å². The first-order valence-corrected chi connectivity index (χ1v) is 14.4. The van der Waals surface area contributed by atoms with Crippen LogP contribution in [0.1, 0.15) is 56.1 Å². The van der Waals surface area contributed by atoms with Crippen LogP contribution in [0.3, 0.4) is 0 Å². The molecule has 5 unspecified atom stereocenters. The first kappa shape index (κ1) is 30.6. The smallest absolute Gasteiger partial charge is 0.228 e. The van der Waals surface area contributed by atoms with E-state index in [9.17, 15) is 9.90 Å². The number of hydrogen-bond acceptors (Lipinski definition) is 7. The number of rotatable bonds is 10. The maximum absolute atomic E-state index is 13.3. The molecule has 2 aromatic rings. The summed E-state index contributed by atoms with van der Waals surface area (Å²) >= 11 is 10.4. The molecule has 0 bridgehead atoms. The van der Waals surface area contributed by atoms with Gasteiger partial charge in [-0.3, -0.25) is 4.79 Å². The lowest BCUT2D eigenvalue weighted by atomic mass is 9.50. The van der Waals surface area contributed by atoms with Gasteiger partial charge in [-0.2, -0.15) is 12.6 Å². The molecule has 1 saturated carbocycles. The highest BCUT2D eigenvalue weighted by Gasteiger charge is 2.67. The summed E-state index contributed by atoms with van der Waals surface area (Å²) in [7, 11) is 1.64. The Bertz CT molecular complexity index is 1070. The first-order chi connectivity index (χ1) is 18.3. The molecule has 210 valence electrons. The molecule has 5 atom stereocenters. The van der Waals surface area contributed by atoms with Crippen molar-refractivity contribution in [3.05, 3.63) is 58.6 Å². The molecule has 1 aliphatic carbocycles. The van der Waals surface area contributed by atoms with Gasteiger partial charge in [-0.25, -0.2) is 0 Å². The molecule has 0 aromatic heterocycles. The summed E-state index contributed by atoms with van der Waals surface area (Å²) < 4.78 is 16.3. The maximum atomic E-state index is 13.3. The number of fused-ring (bicyclic) bond motifs is 1. The normalized spacial score (nSPS) is 28.2. The zero-order valence-electron chi connectivity index (χ0n) is 22.7. The lowest BCUT2D eigenvalue weighted by molar-refractivity contribution is -0.132. The van der Waals surface area contributed by atoms with Gasteiger partial charge in [0.15, 0.2) is 0 Å². The summed E-state index contributed by atoms with van der Waals surface area (Å²) in [6, 6.07) is 12.8. The SMILES string of the molecule is CCC12CCC(c3ccc(OCCOCCOC)cc3Cl)C(c3ccc(O)cc3)C1(N)C(C)NC2=O.CS. The zero-order valence-corrected chi connectivity index (χ0v) is 24.4. The highest BCUT2D eigenvalue weighted by atomic mass is 35.5. The van der Waals surface area contributed by atoms with Crippen molar-refractivity contribution in [3.63, 3.8) is 0 Å².